The zero-order valence-corrected chi connectivity index (χ0v) is 12.6. The van der Waals surface area contributed by atoms with Gasteiger partial charge in [0.1, 0.15) is 5.75 Å². The third kappa shape index (κ3) is 2.94. The fraction of sp³-hybridized carbons (Fsp3) is 0.0667. The second-order valence-corrected chi connectivity index (χ2v) is 4.81. The Balaban J connectivity index is 1.97. The van der Waals surface area contributed by atoms with Crippen LogP contribution >= 0.6 is 12.2 Å². The van der Waals surface area contributed by atoms with Gasteiger partial charge in [-0.3, -0.25) is 4.98 Å². The number of H-pyrrole nitrogens is 1. The van der Waals surface area contributed by atoms with E-state index in [0.717, 1.165) is 16.9 Å². The van der Waals surface area contributed by atoms with Crippen LogP contribution in [0.3, 0.4) is 0 Å². The van der Waals surface area contributed by atoms with Gasteiger partial charge in [-0.05, 0) is 42.5 Å². The molecule has 0 spiro atoms. The number of pyridine rings is 1. The first-order chi connectivity index (χ1) is 10.8. The highest BCUT2D eigenvalue weighted by molar-refractivity contribution is 7.71. The monoisotopic (exact) mass is 311 g/mol. The van der Waals surface area contributed by atoms with E-state index in [4.69, 9.17) is 17.0 Å². The molecule has 3 aromatic rings. The van der Waals surface area contributed by atoms with Crippen molar-refractivity contribution in [1.82, 2.24) is 19.9 Å². The number of methoxy groups -OCH3 is 1. The number of nitrogens with zero attached hydrogens (tertiary/aromatic N) is 4. The molecule has 0 aliphatic carbocycles. The van der Waals surface area contributed by atoms with E-state index >= 15 is 0 Å². The number of hydrogen-bond acceptors (Lipinski definition) is 5. The summed E-state index contributed by atoms with van der Waals surface area (Å²) in [5, 5.41) is 11.4. The molecule has 0 aliphatic heterocycles. The van der Waals surface area contributed by atoms with Crippen molar-refractivity contribution >= 4 is 18.4 Å². The van der Waals surface area contributed by atoms with Gasteiger partial charge >= 0.3 is 0 Å². The Labute approximate surface area is 132 Å². The van der Waals surface area contributed by atoms with E-state index in [1.54, 1.807) is 30.4 Å². The lowest BCUT2D eigenvalue weighted by Gasteiger charge is -2.03. The smallest absolute Gasteiger partial charge is 0.216 e. The molecule has 1 aromatic carbocycles. The molecule has 0 saturated carbocycles. The molecule has 0 saturated heterocycles. The van der Waals surface area contributed by atoms with Crippen molar-refractivity contribution in [1.29, 1.82) is 0 Å². The zero-order chi connectivity index (χ0) is 15.4. The van der Waals surface area contributed by atoms with Crippen LogP contribution in [0.15, 0.2) is 53.9 Å². The average molecular weight is 311 g/mol. The predicted molar refractivity (Wildman–Crippen MR) is 86.6 cm³/mol. The number of rotatable bonds is 4. The highest BCUT2D eigenvalue weighted by Gasteiger charge is 2.08. The van der Waals surface area contributed by atoms with Crippen LogP contribution in [0.4, 0.5) is 0 Å². The Morgan fingerprint density at radius 2 is 2.09 bits per heavy atom. The first-order valence-corrected chi connectivity index (χ1v) is 6.95. The number of hydrogen-bond donors (Lipinski definition) is 1. The van der Waals surface area contributed by atoms with E-state index in [1.807, 2.05) is 36.4 Å². The lowest BCUT2D eigenvalue weighted by molar-refractivity contribution is 0.415. The molecule has 0 radical (unpaired) electrons. The first kappa shape index (κ1) is 14.2. The van der Waals surface area contributed by atoms with Gasteiger partial charge in [0.2, 0.25) is 4.77 Å². The molecule has 0 amide bonds. The highest BCUT2D eigenvalue weighted by atomic mass is 32.1. The molecular formula is C15H13N5OS. The summed E-state index contributed by atoms with van der Waals surface area (Å²) in [5.74, 6) is 1.41. The fourth-order valence-corrected chi connectivity index (χ4v) is 2.08. The van der Waals surface area contributed by atoms with Crippen molar-refractivity contribution in [2.45, 2.75) is 0 Å². The Morgan fingerprint density at radius 1 is 1.27 bits per heavy atom. The van der Waals surface area contributed by atoms with Gasteiger partial charge in [-0.25, -0.2) is 5.10 Å². The van der Waals surface area contributed by atoms with E-state index < -0.39 is 0 Å². The molecule has 0 atom stereocenters. The van der Waals surface area contributed by atoms with Gasteiger partial charge in [0.05, 0.1) is 13.3 Å². The fourth-order valence-electron chi connectivity index (χ4n) is 1.90. The van der Waals surface area contributed by atoms with Gasteiger partial charge in [0.15, 0.2) is 5.82 Å². The van der Waals surface area contributed by atoms with Crippen LogP contribution in [-0.4, -0.2) is 33.2 Å². The Kier molecular flexibility index (Phi) is 4.06. The molecule has 0 fully saturated rings. The molecule has 0 aliphatic rings. The Morgan fingerprint density at radius 3 is 2.77 bits per heavy atom. The minimum Gasteiger partial charge on any atom is -0.497 e. The van der Waals surface area contributed by atoms with Crippen LogP contribution in [-0.2, 0) is 0 Å². The predicted octanol–water partition coefficient (Wildman–Crippen LogP) is 2.89. The second kappa shape index (κ2) is 6.31. The third-order valence-corrected chi connectivity index (χ3v) is 3.27. The summed E-state index contributed by atoms with van der Waals surface area (Å²) in [4.78, 5) is 4.04. The van der Waals surface area contributed by atoms with Gasteiger partial charge in [-0.2, -0.15) is 14.9 Å². The number of aromatic amines is 1. The summed E-state index contributed by atoms with van der Waals surface area (Å²) in [6, 6.07) is 11.3. The topological polar surface area (TPSA) is 68.1 Å². The van der Waals surface area contributed by atoms with Crippen LogP contribution in [0, 0.1) is 4.77 Å². The molecule has 22 heavy (non-hydrogen) atoms. The van der Waals surface area contributed by atoms with Crippen molar-refractivity contribution in [2.75, 3.05) is 7.11 Å². The van der Waals surface area contributed by atoms with Crippen LogP contribution in [0.2, 0.25) is 0 Å². The summed E-state index contributed by atoms with van der Waals surface area (Å²) < 4.78 is 7.15. The maximum absolute atomic E-state index is 5.23. The third-order valence-electron chi connectivity index (χ3n) is 3.01. The highest BCUT2D eigenvalue weighted by Crippen LogP contribution is 2.20. The van der Waals surface area contributed by atoms with Gasteiger partial charge < -0.3 is 4.74 Å². The summed E-state index contributed by atoms with van der Waals surface area (Å²) in [5.41, 5.74) is 1.77. The summed E-state index contributed by atoms with van der Waals surface area (Å²) in [7, 11) is 1.63. The number of benzene rings is 1. The van der Waals surface area contributed by atoms with Crippen molar-refractivity contribution < 1.29 is 4.74 Å². The van der Waals surface area contributed by atoms with Gasteiger partial charge in [0.25, 0.3) is 0 Å². The van der Waals surface area contributed by atoms with E-state index in [1.165, 1.54) is 0 Å². The maximum Gasteiger partial charge on any atom is 0.216 e. The standard InChI is InChI=1S/C15H13N5OS/c1-21-13-6-4-12(5-7-13)14-18-19-15(22)20(14)17-10-11-3-2-8-16-9-11/h2-10H,1H3,(H,19,22)/b17-10+. The summed E-state index contributed by atoms with van der Waals surface area (Å²) in [6.07, 6.45) is 5.12. The molecule has 2 heterocycles. The Bertz CT molecular complexity index is 836. The molecular weight excluding hydrogens is 298 g/mol. The molecule has 3 rings (SSSR count). The van der Waals surface area contributed by atoms with Gasteiger partial charge in [0, 0.05) is 23.5 Å². The van der Waals surface area contributed by atoms with Crippen LogP contribution in [0.25, 0.3) is 11.4 Å². The molecule has 0 unspecified atom stereocenters. The largest absolute Gasteiger partial charge is 0.497 e. The van der Waals surface area contributed by atoms with E-state index in [2.05, 4.69) is 20.3 Å². The molecule has 1 N–H and O–H groups in total. The lowest BCUT2D eigenvalue weighted by Crippen LogP contribution is -1.95. The minimum atomic E-state index is 0.422. The number of nitrogens with one attached hydrogen (secondary N) is 1. The quantitative estimate of drug-likeness (QED) is 0.594. The minimum absolute atomic E-state index is 0.422. The van der Waals surface area contributed by atoms with E-state index in [0.29, 0.717) is 10.6 Å². The van der Waals surface area contributed by atoms with Gasteiger partial charge in [-0.1, -0.05) is 6.07 Å². The van der Waals surface area contributed by atoms with Crippen molar-refractivity contribution in [3.63, 3.8) is 0 Å². The number of aromatic nitrogens is 4. The molecule has 110 valence electrons. The first-order valence-electron chi connectivity index (χ1n) is 6.54. The molecule has 6 nitrogen and oxygen atoms in total. The Hall–Kier alpha value is -2.80. The lowest BCUT2D eigenvalue weighted by atomic mass is 10.2. The van der Waals surface area contributed by atoms with Crippen molar-refractivity contribution in [3.05, 3.63) is 59.1 Å². The SMILES string of the molecule is COc1ccc(-c2n[nH]c(=S)n2/N=C/c2cccnc2)cc1. The van der Waals surface area contributed by atoms with Crippen LogP contribution < -0.4 is 4.74 Å². The normalized spacial score (nSPS) is 11.0. The van der Waals surface area contributed by atoms with Crippen molar-refractivity contribution in [3.8, 4) is 17.1 Å². The van der Waals surface area contributed by atoms with Crippen LogP contribution in [0.1, 0.15) is 5.56 Å². The van der Waals surface area contributed by atoms with Crippen LogP contribution in [0.5, 0.6) is 5.75 Å². The van der Waals surface area contributed by atoms with Gasteiger partial charge in [-0.15, -0.1) is 0 Å². The number of ether oxygens (including phenoxy) is 1. The molecule has 0 bridgehead atoms. The summed E-state index contributed by atoms with van der Waals surface area (Å²) >= 11 is 5.23. The summed E-state index contributed by atoms with van der Waals surface area (Å²) in [6.45, 7) is 0. The van der Waals surface area contributed by atoms with E-state index in [-0.39, 0.29) is 0 Å². The second-order valence-electron chi connectivity index (χ2n) is 4.42. The molecule has 7 heteroatoms. The average Bonchev–Trinajstić information content (AvgIpc) is 2.95. The van der Waals surface area contributed by atoms with E-state index in [9.17, 15) is 0 Å². The zero-order valence-electron chi connectivity index (χ0n) is 11.8. The maximum atomic E-state index is 5.23. The molecule has 2 aromatic heterocycles. The van der Waals surface area contributed by atoms with Crippen molar-refractivity contribution in [2.24, 2.45) is 5.10 Å².